The number of nitrogens with zero attached hydrogens (tertiary/aromatic N) is 3. The van der Waals surface area contributed by atoms with E-state index in [1.54, 1.807) is 27.2 Å². The van der Waals surface area contributed by atoms with E-state index >= 15 is 0 Å². The summed E-state index contributed by atoms with van der Waals surface area (Å²) in [5.41, 5.74) is 1.61. The molecule has 2 aromatic heterocycles. The number of aromatic nitrogens is 2. The fraction of sp³-hybridized carbons (Fsp3) is 0.312. The predicted octanol–water partition coefficient (Wildman–Crippen LogP) is 2.40. The monoisotopic (exact) mass is 347 g/mol. The van der Waals surface area contributed by atoms with E-state index in [0.717, 1.165) is 16.0 Å². The highest BCUT2D eigenvalue weighted by atomic mass is 32.1. The second-order valence-electron chi connectivity index (χ2n) is 5.11. The van der Waals surface area contributed by atoms with Gasteiger partial charge in [-0.1, -0.05) is 16.5 Å². The quantitative estimate of drug-likeness (QED) is 0.708. The molecule has 0 unspecified atom stereocenters. The molecule has 0 aliphatic heterocycles. The minimum absolute atomic E-state index is 0.126. The van der Waals surface area contributed by atoms with Crippen molar-refractivity contribution in [1.82, 2.24) is 9.72 Å². The standard InChI is InChI=1S/C16H17N3O4S/c1-10-8-13(23-18-10)15(20)17-16-19(6-7-21-2)12-5-4-11(22-3)9-14(12)24-16/h4-5,8-9H,6-7H2,1-3H3. The van der Waals surface area contributed by atoms with Crippen molar-refractivity contribution < 1.29 is 18.8 Å². The Morgan fingerprint density at radius 3 is 2.88 bits per heavy atom. The molecule has 0 bridgehead atoms. The molecular weight excluding hydrogens is 330 g/mol. The van der Waals surface area contributed by atoms with Crippen LogP contribution in [0.4, 0.5) is 0 Å². The van der Waals surface area contributed by atoms with Crippen molar-refractivity contribution in [2.24, 2.45) is 4.99 Å². The van der Waals surface area contributed by atoms with Crippen LogP contribution in [0.3, 0.4) is 0 Å². The number of rotatable bonds is 5. The molecule has 0 aliphatic carbocycles. The van der Waals surface area contributed by atoms with Crippen molar-refractivity contribution in [3.8, 4) is 5.75 Å². The summed E-state index contributed by atoms with van der Waals surface area (Å²) in [5, 5.41) is 3.72. The number of benzene rings is 1. The summed E-state index contributed by atoms with van der Waals surface area (Å²) in [6, 6.07) is 7.32. The molecular formula is C16H17N3O4S. The highest BCUT2D eigenvalue weighted by Crippen LogP contribution is 2.23. The summed E-state index contributed by atoms with van der Waals surface area (Å²) in [5.74, 6) is 0.424. The van der Waals surface area contributed by atoms with Crippen molar-refractivity contribution in [3.63, 3.8) is 0 Å². The Hall–Kier alpha value is -2.45. The lowest BCUT2D eigenvalue weighted by Crippen LogP contribution is -2.19. The van der Waals surface area contributed by atoms with Crippen LogP contribution < -0.4 is 9.54 Å². The van der Waals surface area contributed by atoms with Gasteiger partial charge >= 0.3 is 5.91 Å². The van der Waals surface area contributed by atoms with Crippen LogP contribution in [0.5, 0.6) is 5.75 Å². The third-order valence-corrected chi connectivity index (χ3v) is 4.49. The predicted molar refractivity (Wildman–Crippen MR) is 89.4 cm³/mol. The summed E-state index contributed by atoms with van der Waals surface area (Å²) in [6.45, 7) is 2.86. The molecule has 0 fully saturated rings. The number of fused-ring (bicyclic) bond motifs is 1. The summed E-state index contributed by atoms with van der Waals surface area (Å²) < 4.78 is 18.3. The lowest BCUT2D eigenvalue weighted by molar-refractivity contribution is 0.0962. The molecule has 8 heteroatoms. The third-order valence-electron chi connectivity index (χ3n) is 3.44. The number of amides is 1. The normalized spacial score (nSPS) is 12.0. The van der Waals surface area contributed by atoms with Crippen LogP contribution >= 0.6 is 11.3 Å². The molecule has 7 nitrogen and oxygen atoms in total. The van der Waals surface area contributed by atoms with E-state index in [1.165, 1.54) is 11.3 Å². The zero-order chi connectivity index (χ0) is 17.1. The van der Waals surface area contributed by atoms with Gasteiger partial charge in [0, 0.05) is 19.7 Å². The maximum atomic E-state index is 12.3. The molecule has 24 heavy (non-hydrogen) atoms. The van der Waals surface area contributed by atoms with Crippen molar-refractivity contribution in [2.45, 2.75) is 13.5 Å². The first-order valence-corrected chi connectivity index (χ1v) is 8.12. The highest BCUT2D eigenvalue weighted by Gasteiger charge is 2.13. The second kappa shape index (κ2) is 6.98. The van der Waals surface area contributed by atoms with Gasteiger partial charge in [-0.25, -0.2) is 0 Å². The van der Waals surface area contributed by atoms with Crippen LogP contribution in [-0.4, -0.2) is 36.5 Å². The third kappa shape index (κ3) is 3.24. The van der Waals surface area contributed by atoms with Crippen LogP contribution in [0.15, 0.2) is 33.8 Å². The van der Waals surface area contributed by atoms with E-state index in [1.807, 2.05) is 22.8 Å². The number of ether oxygens (including phenoxy) is 2. The van der Waals surface area contributed by atoms with E-state index in [9.17, 15) is 4.79 Å². The van der Waals surface area contributed by atoms with Crippen molar-refractivity contribution >= 4 is 27.5 Å². The Morgan fingerprint density at radius 2 is 2.21 bits per heavy atom. The smallest absolute Gasteiger partial charge is 0.318 e. The Labute approximate surface area is 142 Å². The van der Waals surface area contributed by atoms with Gasteiger partial charge in [-0.05, 0) is 25.1 Å². The summed E-state index contributed by atoms with van der Waals surface area (Å²) in [4.78, 5) is 17.1. The SMILES string of the molecule is COCCn1c(=NC(=O)c2cc(C)no2)sc2cc(OC)ccc21. The first-order chi connectivity index (χ1) is 11.6. The average molecular weight is 347 g/mol. The highest BCUT2D eigenvalue weighted by molar-refractivity contribution is 7.16. The van der Waals surface area contributed by atoms with E-state index in [0.29, 0.717) is 23.6 Å². The van der Waals surface area contributed by atoms with Crippen molar-refractivity contribution in [3.05, 3.63) is 40.5 Å². The maximum Gasteiger partial charge on any atom is 0.318 e. The first-order valence-electron chi connectivity index (χ1n) is 7.31. The van der Waals surface area contributed by atoms with Crippen LogP contribution in [-0.2, 0) is 11.3 Å². The van der Waals surface area contributed by atoms with Gasteiger partial charge in [-0.15, -0.1) is 0 Å². The number of methoxy groups -OCH3 is 2. The Morgan fingerprint density at radius 1 is 1.38 bits per heavy atom. The van der Waals surface area contributed by atoms with Gasteiger partial charge in [-0.2, -0.15) is 4.99 Å². The minimum atomic E-state index is -0.458. The minimum Gasteiger partial charge on any atom is -0.497 e. The molecule has 0 saturated heterocycles. The van der Waals surface area contributed by atoms with Crippen LogP contribution in [0.1, 0.15) is 16.2 Å². The lowest BCUT2D eigenvalue weighted by atomic mass is 10.3. The lowest BCUT2D eigenvalue weighted by Gasteiger charge is -2.04. The Bertz CT molecular complexity index is 938. The number of hydrogen-bond donors (Lipinski definition) is 0. The fourth-order valence-electron chi connectivity index (χ4n) is 2.27. The van der Waals surface area contributed by atoms with Crippen LogP contribution in [0, 0.1) is 6.92 Å². The number of carbonyl (C=O) groups is 1. The molecule has 0 spiro atoms. The molecule has 3 rings (SSSR count). The van der Waals surface area contributed by atoms with Gasteiger partial charge in [0.1, 0.15) is 5.75 Å². The first kappa shape index (κ1) is 16.4. The zero-order valence-corrected chi connectivity index (χ0v) is 14.4. The van der Waals surface area contributed by atoms with E-state index in [2.05, 4.69) is 10.1 Å². The van der Waals surface area contributed by atoms with E-state index in [-0.39, 0.29) is 5.76 Å². The van der Waals surface area contributed by atoms with Gasteiger partial charge in [0.25, 0.3) is 0 Å². The van der Waals surface area contributed by atoms with Crippen LogP contribution in [0.25, 0.3) is 10.2 Å². The Kier molecular flexibility index (Phi) is 4.77. The maximum absolute atomic E-state index is 12.3. The number of aryl methyl sites for hydroxylation is 1. The molecule has 126 valence electrons. The molecule has 3 aromatic rings. The molecule has 1 amide bonds. The van der Waals surface area contributed by atoms with Gasteiger partial charge in [0.2, 0.25) is 5.76 Å². The van der Waals surface area contributed by atoms with Gasteiger partial charge < -0.3 is 18.6 Å². The van der Waals surface area contributed by atoms with Crippen molar-refractivity contribution in [1.29, 1.82) is 0 Å². The van der Waals surface area contributed by atoms with Crippen LogP contribution in [0.2, 0.25) is 0 Å². The number of hydrogen-bond acceptors (Lipinski definition) is 6. The molecule has 0 N–H and O–H groups in total. The fourth-order valence-corrected chi connectivity index (χ4v) is 3.35. The Balaban J connectivity index is 2.10. The summed E-state index contributed by atoms with van der Waals surface area (Å²) >= 11 is 1.41. The molecule has 0 saturated carbocycles. The largest absolute Gasteiger partial charge is 0.497 e. The molecule has 1 aromatic carbocycles. The summed E-state index contributed by atoms with van der Waals surface area (Å²) in [7, 11) is 3.26. The van der Waals surface area contributed by atoms with E-state index < -0.39 is 5.91 Å². The van der Waals surface area contributed by atoms with E-state index in [4.69, 9.17) is 14.0 Å². The van der Waals surface area contributed by atoms with Gasteiger partial charge in [0.15, 0.2) is 4.80 Å². The van der Waals surface area contributed by atoms with Gasteiger partial charge in [0.05, 0.1) is 29.6 Å². The average Bonchev–Trinajstić information content (AvgIpc) is 3.15. The molecule has 2 heterocycles. The zero-order valence-electron chi connectivity index (χ0n) is 13.6. The van der Waals surface area contributed by atoms with Gasteiger partial charge in [-0.3, -0.25) is 4.79 Å². The molecule has 0 aliphatic rings. The number of thiazole rings is 1. The molecule has 0 radical (unpaired) electrons. The molecule has 0 atom stereocenters. The van der Waals surface area contributed by atoms with Crippen molar-refractivity contribution in [2.75, 3.05) is 20.8 Å². The summed E-state index contributed by atoms with van der Waals surface area (Å²) in [6.07, 6.45) is 0. The second-order valence-corrected chi connectivity index (χ2v) is 6.12. The topological polar surface area (TPSA) is 78.9 Å². The number of carbonyl (C=O) groups excluding carboxylic acids is 1.